The molecule has 0 spiro atoms. The number of hydrogen-bond donors (Lipinski definition) is 0. The van der Waals surface area contributed by atoms with Gasteiger partial charge in [-0.3, -0.25) is 0 Å². The van der Waals surface area contributed by atoms with E-state index in [1.807, 2.05) is 32.9 Å². The van der Waals surface area contributed by atoms with E-state index < -0.39 is 0 Å². The van der Waals surface area contributed by atoms with Crippen molar-refractivity contribution in [2.24, 2.45) is 5.41 Å². The van der Waals surface area contributed by atoms with Crippen LogP contribution in [0.5, 0.6) is 0 Å². The molecule has 0 radical (unpaired) electrons. The van der Waals surface area contributed by atoms with E-state index in [0.717, 1.165) is 0 Å². The standard InChI is InChI=1S/C10H16.C3H6.C3H4.C2H6/c1-6-8-9(7-2)10(3,4)5;2*1-3-2;1-2/h6-8H,1-2H2,3-5H3;3H,1H2,2H3;1H,2H3;1-2H3/b9-8+;;;. The highest BCUT2D eigenvalue weighted by atomic mass is 14.2. The summed E-state index contributed by atoms with van der Waals surface area (Å²) in [6.45, 7) is 24.7. The summed E-state index contributed by atoms with van der Waals surface area (Å²) in [5.74, 6) is 2.25. The summed E-state index contributed by atoms with van der Waals surface area (Å²) in [6, 6.07) is 0. The van der Waals surface area contributed by atoms with Crippen LogP contribution in [0, 0.1) is 17.8 Å². The lowest BCUT2D eigenvalue weighted by Crippen LogP contribution is -2.06. The predicted molar refractivity (Wildman–Crippen MR) is 89.7 cm³/mol. The molecule has 104 valence electrons. The Hall–Kier alpha value is -1.48. The van der Waals surface area contributed by atoms with Gasteiger partial charge >= 0.3 is 0 Å². The van der Waals surface area contributed by atoms with Crippen LogP contribution in [0.4, 0.5) is 0 Å². The molecule has 0 rings (SSSR count). The van der Waals surface area contributed by atoms with Crippen LogP contribution in [0.3, 0.4) is 0 Å². The highest BCUT2D eigenvalue weighted by Gasteiger charge is 2.12. The van der Waals surface area contributed by atoms with Gasteiger partial charge in [0.15, 0.2) is 0 Å². The Labute approximate surface area is 116 Å². The summed E-state index contributed by atoms with van der Waals surface area (Å²) < 4.78 is 0. The second-order valence-electron chi connectivity index (χ2n) is 4.01. The molecular weight excluding hydrogens is 216 g/mol. The molecule has 0 aromatic carbocycles. The predicted octanol–water partition coefficient (Wildman–Crippen LogP) is 6.19. The normalized spacial score (nSPS) is 8.67. The van der Waals surface area contributed by atoms with Crippen molar-refractivity contribution in [2.45, 2.75) is 48.5 Å². The van der Waals surface area contributed by atoms with Crippen molar-refractivity contribution < 1.29 is 0 Å². The van der Waals surface area contributed by atoms with Gasteiger partial charge in [0.05, 0.1) is 0 Å². The van der Waals surface area contributed by atoms with E-state index in [0.29, 0.717) is 0 Å². The zero-order valence-electron chi connectivity index (χ0n) is 13.5. The van der Waals surface area contributed by atoms with Crippen LogP contribution in [0.1, 0.15) is 48.5 Å². The summed E-state index contributed by atoms with van der Waals surface area (Å²) in [5, 5.41) is 0. The monoisotopic (exact) mass is 248 g/mol. The molecule has 0 aromatic rings. The molecule has 0 saturated carbocycles. The molecule has 0 bridgehead atoms. The molecule has 0 unspecified atom stereocenters. The fourth-order valence-electron chi connectivity index (χ4n) is 0.751. The van der Waals surface area contributed by atoms with Crippen LogP contribution in [0.15, 0.2) is 49.6 Å². The summed E-state index contributed by atoms with van der Waals surface area (Å²) in [4.78, 5) is 0. The topological polar surface area (TPSA) is 0 Å². The van der Waals surface area contributed by atoms with Crippen molar-refractivity contribution in [1.82, 2.24) is 0 Å². The van der Waals surface area contributed by atoms with Crippen molar-refractivity contribution in [3.05, 3.63) is 49.6 Å². The second kappa shape index (κ2) is 20.9. The Morgan fingerprint density at radius 2 is 1.39 bits per heavy atom. The van der Waals surface area contributed by atoms with Crippen LogP contribution < -0.4 is 0 Å². The Morgan fingerprint density at radius 1 is 1.11 bits per heavy atom. The summed E-state index contributed by atoms with van der Waals surface area (Å²) in [6.07, 6.45) is 12.0. The lowest BCUT2D eigenvalue weighted by atomic mass is 9.86. The molecule has 0 aliphatic carbocycles. The van der Waals surface area contributed by atoms with Gasteiger partial charge < -0.3 is 0 Å². The minimum absolute atomic E-state index is 0.190. The summed E-state index contributed by atoms with van der Waals surface area (Å²) >= 11 is 0. The molecule has 0 amide bonds. The number of terminal acetylenes is 1. The first kappa shape index (κ1) is 25.4. The second-order valence-corrected chi connectivity index (χ2v) is 4.01. The van der Waals surface area contributed by atoms with Crippen molar-refractivity contribution in [2.75, 3.05) is 0 Å². The van der Waals surface area contributed by atoms with Gasteiger partial charge in [-0.1, -0.05) is 72.1 Å². The van der Waals surface area contributed by atoms with Crippen LogP contribution >= 0.6 is 0 Å². The lowest BCUT2D eigenvalue weighted by molar-refractivity contribution is 0.517. The first-order valence-corrected chi connectivity index (χ1v) is 6.25. The third-order valence-corrected chi connectivity index (χ3v) is 1.38. The first-order chi connectivity index (χ1) is 8.35. The van der Waals surface area contributed by atoms with Crippen LogP contribution in [-0.2, 0) is 0 Å². The number of allylic oxidation sites excluding steroid dienone is 5. The molecular formula is C18H32. The zero-order valence-corrected chi connectivity index (χ0v) is 13.5. The van der Waals surface area contributed by atoms with Gasteiger partial charge in [0.1, 0.15) is 0 Å². The van der Waals surface area contributed by atoms with Gasteiger partial charge in [-0.05, 0) is 24.8 Å². The smallest absolute Gasteiger partial charge is 0.00297 e. The maximum atomic E-state index is 4.60. The van der Waals surface area contributed by atoms with Crippen LogP contribution in [-0.4, -0.2) is 0 Å². The Kier molecular flexibility index (Phi) is 29.4. The minimum Gasteiger partial charge on any atom is -0.120 e. The van der Waals surface area contributed by atoms with E-state index in [4.69, 9.17) is 0 Å². The molecule has 0 heterocycles. The van der Waals surface area contributed by atoms with Gasteiger partial charge in [-0.2, -0.15) is 0 Å². The van der Waals surface area contributed by atoms with E-state index >= 15 is 0 Å². The van der Waals surface area contributed by atoms with Crippen LogP contribution in [0.2, 0.25) is 0 Å². The molecule has 0 aromatic heterocycles. The SMILES string of the molecule is C#CC.C=C/C=C(\C=C)C(C)(C)C.C=CC.CC. The van der Waals surface area contributed by atoms with E-state index in [1.54, 1.807) is 19.1 Å². The van der Waals surface area contributed by atoms with Crippen molar-refractivity contribution >= 4 is 0 Å². The largest absolute Gasteiger partial charge is 0.120 e. The van der Waals surface area contributed by atoms with Gasteiger partial charge in [-0.25, -0.2) is 0 Å². The quantitative estimate of drug-likeness (QED) is 0.310. The third-order valence-electron chi connectivity index (χ3n) is 1.38. The summed E-state index contributed by atoms with van der Waals surface area (Å²) in [5.41, 5.74) is 1.41. The fourth-order valence-corrected chi connectivity index (χ4v) is 0.751. The van der Waals surface area contributed by atoms with Crippen LogP contribution in [0.25, 0.3) is 0 Å². The molecule has 0 N–H and O–H groups in total. The maximum Gasteiger partial charge on any atom is -0.00297 e. The molecule has 0 fully saturated rings. The number of rotatable bonds is 2. The van der Waals surface area contributed by atoms with E-state index in [2.05, 4.69) is 52.9 Å². The van der Waals surface area contributed by atoms with Gasteiger partial charge in [0.2, 0.25) is 0 Å². The molecule has 18 heavy (non-hydrogen) atoms. The third kappa shape index (κ3) is 29.3. The zero-order chi connectivity index (χ0) is 15.6. The highest BCUT2D eigenvalue weighted by molar-refractivity contribution is 5.26. The van der Waals surface area contributed by atoms with Gasteiger partial charge in [0.25, 0.3) is 0 Å². The molecule has 0 nitrogen and oxygen atoms in total. The minimum atomic E-state index is 0.190. The fraction of sp³-hybridized carbons (Fsp3) is 0.444. The average Bonchev–Trinajstić information content (AvgIpc) is 2.29. The molecule has 0 heteroatoms. The van der Waals surface area contributed by atoms with Crippen molar-refractivity contribution in [1.29, 1.82) is 0 Å². The van der Waals surface area contributed by atoms with Crippen molar-refractivity contribution in [3.63, 3.8) is 0 Å². The van der Waals surface area contributed by atoms with Gasteiger partial charge in [-0.15, -0.1) is 18.9 Å². The lowest BCUT2D eigenvalue weighted by Gasteiger charge is -2.19. The Morgan fingerprint density at radius 3 is 1.44 bits per heavy atom. The Bertz CT molecular complexity index is 251. The Balaban J connectivity index is -0.000000102. The molecule has 0 aliphatic rings. The van der Waals surface area contributed by atoms with Crippen molar-refractivity contribution in [3.8, 4) is 12.3 Å². The van der Waals surface area contributed by atoms with E-state index in [1.165, 1.54) is 5.57 Å². The molecule has 0 aliphatic heterocycles. The average molecular weight is 248 g/mol. The number of hydrogen-bond acceptors (Lipinski definition) is 0. The highest BCUT2D eigenvalue weighted by Crippen LogP contribution is 2.25. The van der Waals surface area contributed by atoms with E-state index in [9.17, 15) is 0 Å². The molecule has 0 saturated heterocycles. The maximum absolute atomic E-state index is 4.60. The summed E-state index contributed by atoms with van der Waals surface area (Å²) in [7, 11) is 0. The van der Waals surface area contributed by atoms with E-state index in [-0.39, 0.29) is 5.41 Å². The first-order valence-electron chi connectivity index (χ1n) is 6.25. The molecule has 0 atom stereocenters. The van der Waals surface area contributed by atoms with Gasteiger partial charge in [0, 0.05) is 0 Å².